The molecule has 0 aliphatic heterocycles. The normalized spacial score (nSPS) is 10.6. The second-order valence-electron chi connectivity index (χ2n) is 3.90. The lowest BCUT2D eigenvalue weighted by Crippen LogP contribution is -2.37. The Morgan fingerprint density at radius 3 is 2.40 bits per heavy atom. The molecule has 1 aromatic heterocycles. The molecule has 0 saturated carbocycles. The number of H-pyrrole nitrogens is 1. The first-order valence-electron chi connectivity index (χ1n) is 5.34. The van der Waals surface area contributed by atoms with E-state index in [1.54, 1.807) is 0 Å². The molecule has 0 spiro atoms. The number of rotatable bonds is 2. The second-order valence-corrected chi connectivity index (χ2v) is 3.90. The maximum atomic E-state index is 13.6. The number of halogens is 3. The van der Waals surface area contributed by atoms with Gasteiger partial charge in [0, 0.05) is 6.20 Å². The number of aromatic nitrogens is 2. The number of hydrogen-bond donors (Lipinski definition) is 1. The van der Waals surface area contributed by atoms with Gasteiger partial charge in [-0.2, -0.15) is 0 Å². The fraction of sp³-hybridized carbons (Fsp3) is 0.0833. The highest BCUT2D eigenvalue weighted by molar-refractivity contribution is 5.93. The van der Waals surface area contributed by atoms with E-state index in [-0.39, 0.29) is 4.57 Å². The molecule has 20 heavy (non-hydrogen) atoms. The molecular formula is C12H7F3N2O3. The van der Waals surface area contributed by atoms with Crippen LogP contribution in [0.2, 0.25) is 0 Å². The molecule has 1 aromatic carbocycles. The predicted molar refractivity (Wildman–Crippen MR) is 62.5 cm³/mol. The fourth-order valence-corrected chi connectivity index (χ4v) is 1.63. The van der Waals surface area contributed by atoms with E-state index in [0.717, 1.165) is 19.2 Å². The highest BCUT2D eigenvalue weighted by Gasteiger charge is 2.19. The lowest BCUT2D eigenvalue weighted by atomic mass is 10.2. The van der Waals surface area contributed by atoms with E-state index < -0.39 is 45.7 Å². The molecule has 0 saturated heterocycles. The Kier molecular flexibility index (Phi) is 3.31. The van der Waals surface area contributed by atoms with Crippen molar-refractivity contribution in [2.45, 2.75) is 6.92 Å². The van der Waals surface area contributed by atoms with Gasteiger partial charge in [-0.3, -0.25) is 9.59 Å². The third-order valence-electron chi connectivity index (χ3n) is 2.61. The topological polar surface area (TPSA) is 71.9 Å². The highest BCUT2D eigenvalue weighted by Crippen LogP contribution is 2.16. The van der Waals surface area contributed by atoms with Crippen molar-refractivity contribution < 1.29 is 18.0 Å². The van der Waals surface area contributed by atoms with E-state index in [1.807, 2.05) is 0 Å². The summed E-state index contributed by atoms with van der Waals surface area (Å²) in [7, 11) is 0. The SMILES string of the molecule is CC(=O)c1c[nH]c(=O)n(-c2ccc(F)c(F)c2F)c1=O. The summed E-state index contributed by atoms with van der Waals surface area (Å²) in [5.74, 6) is -5.64. The third kappa shape index (κ3) is 2.04. The molecule has 2 aromatic rings. The van der Waals surface area contributed by atoms with Crippen molar-refractivity contribution in [3.8, 4) is 5.69 Å². The zero-order chi connectivity index (χ0) is 15.0. The van der Waals surface area contributed by atoms with Crippen molar-refractivity contribution in [2.75, 3.05) is 0 Å². The number of carbonyl (C=O) groups excluding carboxylic acids is 1. The molecule has 0 bridgehead atoms. The molecule has 1 N–H and O–H groups in total. The summed E-state index contributed by atoms with van der Waals surface area (Å²) in [5.41, 5.74) is -3.39. The van der Waals surface area contributed by atoms with Crippen molar-refractivity contribution in [1.29, 1.82) is 0 Å². The van der Waals surface area contributed by atoms with Crippen LogP contribution >= 0.6 is 0 Å². The average molecular weight is 284 g/mol. The molecule has 0 atom stereocenters. The second kappa shape index (κ2) is 4.80. The molecule has 1 heterocycles. The minimum absolute atomic E-state index is 0.231. The minimum atomic E-state index is -1.82. The molecule has 0 fully saturated rings. The van der Waals surface area contributed by atoms with Crippen molar-refractivity contribution in [1.82, 2.24) is 9.55 Å². The van der Waals surface area contributed by atoms with Crippen LogP contribution in [0.1, 0.15) is 17.3 Å². The smallest absolute Gasteiger partial charge is 0.313 e. The van der Waals surface area contributed by atoms with Crippen molar-refractivity contribution in [3.63, 3.8) is 0 Å². The minimum Gasteiger partial charge on any atom is -0.313 e. The monoisotopic (exact) mass is 284 g/mol. The van der Waals surface area contributed by atoms with Crippen molar-refractivity contribution in [3.05, 3.63) is 62.2 Å². The Hall–Kier alpha value is -2.64. The Bertz CT molecular complexity index is 824. The molecule has 0 amide bonds. The largest absolute Gasteiger partial charge is 0.333 e. The Morgan fingerprint density at radius 2 is 1.80 bits per heavy atom. The van der Waals surface area contributed by atoms with Gasteiger partial charge < -0.3 is 4.98 Å². The number of nitrogens with one attached hydrogen (secondary N) is 1. The fourth-order valence-electron chi connectivity index (χ4n) is 1.63. The highest BCUT2D eigenvalue weighted by atomic mass is 19.2. The van der Waals surface area contributed by atoms with E-state index in [0.29, 0.717) is 6.07 Å². The number of aromatic amines is 1. The summed E-state index contributed by atoms with van der Waals surface area (Å²) in [4.78, 5) is 36.8. The summed E-state index contributed by atoms with van der Waals surface area (Å²) in [6, 6.07) is 1.30. The third-order valence-corrected chi connectivity index (χ3v) is 2.61. The molecule has 0 unspecified atom stereocenters. The van der Waals surface area contributed by atoms with Crippen molar-refractivity contribution in [2.24, 2.45) is 0 Å². The quantitative estimate of drug-likeness (QED) is 0.664. The summed E-state index contributed by atoms with van der Waals surface area (Å²) in [6.07, 6.45) is 0.876. The first kappa shape index (κ1) is 13.8. The first-order valence-corrected chi connectivity index (χ1v) is 5.34. The first-order chi connectivity index (χ1) is 9.34. The average Bonchev–Trinajstić information content (AvgIpc) is 2.38. The maximum absolute atomic E-state index is 13.6. The van der Waals surface area contributed by atoms with Crippen LogP contribution in [0.5, 0.6) is 0 Å². The van der Waals surface area contributed by atoms with Gasteiger partial charge in [-0.05, 0) is 19.1 Å². The van der Waals surface area contributed by atoms with Gasteiger partial charge in [0.15, 0.2) is 23.2 Å². The summed E-state index contributed by atoms with van der Waals surface area (Å²) >= 11 is 0. The van der Waals surface area contributed by atoms with Gasteiger partial charge in [-0.1, -0.05) is 0 Å². The van der Waals surface area contributed by atoms with Gasteiger partial charge in [0.1, 0.15) is 0 Å². The van der Waals surface area contributed by atoms with Crippen molar-refractivity contribution >= 4 is 5.78 Å². The number of ketones is 1. The number of hydrogen-bond acceptors (Lipinski definition) is 3. The number of benzene rings is 1. The molecule has 104 valence electrons. The predicted octanol–water partition coefficient (Wildman–Crippen LogP) is 1.15. The molecule has 8 heteroatoms. The molecule has 5 nitrogen and oxygen atoms in total. The van der Waals surface area contributed by atoms with E-state index in [4.69, 9.17) is 0 Å². The van der Waals surface area contributed by atoms with Crippen LogP contribution in [-0.2, 0) is 0 Å². The molecule has 0 aliphatic rings. The Morgan fingerprint density at radius 1 is 1.15 bits per heavy atom. The zero-order valence-corrected chi connectivity index (χ0v) is 10.0. The van der Waals surface area contributed by atoms with Crippen LogP contribution in [0, 0.1) is 17.5 Å². The van der Waals surface area contributed by atoms with Crippen LogP contribution in [0.25, 0.3) is 5.69 Å². The molecular weight excluding hydrogens is 277 g/mol. The maximum Gasteiger partial charge on any atom is 0.333 e. The lowest BCUT2D eigenvalue weighted by molar-refractivity contribution is 0.101. The van der Waals surface area contributed by atoms with Gasteiger partial charge in [-0.15, -0.1) is 0 Å². The Labute approximate surface area is 109 Å². The number of nitrogens with zero attached hydrogens (tertiary/aromatic N) is 1. The van der Waals surface area contributed by atoms with Gasteiger partial charge >= 0.3 is 5.69 Å². The Balaban J connectivity index is 2.87. The standard InChI is InChI=1S/C12H7F3N2O3/c1-5(18)6-4-16-12(20)17(11(6)19)8-3-2-7(13)9(14)10(8)15/h2-4H,1H3,(H,16,20). The van der Waals surface area contributed by atoms with Crippen LogP contribution in [-0.4, -0.2) is 15.3 Å². The number of carbonyl (C=O) groups is 1. The molecule has 0 radical (unpaired) electrons. The zero-order valence-electron chi connectivity index (χ0n) is 10.0. The van der Waals surface area contributed by atoms with E-state index in [1.165, 1.54) is 0 Å². The van der Waals surface area contributed by atoms with Gasteiger partial charge in [0.25, 0.3) is 5.56 Å². The van der Waals surface area contributed by atoms with E-state index in [9.17, 15) is 27.6 Å². The molecule has 2 rings (SSSR count). The van der Waals surface area contributed by atoms with E-state index >= 15 is 0 Å². The van der Waals surface area contributed by atoms with Crippen LogP contribution in [0.15, 0.2) is 27.9 Å². The summed E-state index contributed by atoms with van der Waals surface area (Å²) in [5, 5.41) is 0. The lowest BCUT2D eigenvalue weighted by Gasteiger charge is -2.07. The van der Waals surface area contributed by atoms with Gasteiger partial charge in [0.05, 0.1) is 11.3 Å². The van der Waals surface area contributed by atoms with Crippen LogP contribution in [0.4, 0.5) is 13.2 Å². The number of Topliss-reactive ketones (excluding diaryl/α,β-unsaturated/α-hetero) is 1. The summed E-state index contributed by atoms with van der Waals surface area (Å²) < 4.78 is 39.9. The van der Waals surface area contributed by atoms with Gasteiger partial charge in [-0.25, -0.2) is 22.5 Å². The molecule has 0 aliphatic carbocycles. The van der Waals surface area contributed by atoms with Gasteiger partial charge in [0.2, 0.25) is 0 Å². The van der Waals surface area contributed by atoms with Crippen LogP contribution in [0.3, 0.4) is 0 Å². The summed E-state index contributed by atoms with van der Waals surface area (Å²) in [6.45, 7) is 1.07. The van der Waals surface area contributed by atoms with Crippen LogP contribution < -0.4 is 11.2 Å². The van der Waals surface area contributed by atoms with E-state index in [2.05, 4.69) is 4.98 Å².